The molecule has 84 valence electrons. The molecule has 1 nitrogen and oxygen atoms in total. The molecular formula is C12H10Cl2FN. The van der Waals surface area contributed by atoms with Gasteiger partial charge in [0.05, 0.1) is 10.5 Å². The standard InChI is InChI=1S/C12H10Cl2FN/c1-6(2)8-3-7-4-9(13)10(15)5-11(7)16-12(8)14/h3-6H,1-2H3. The Balaban J connectivity index is 2.74. The van der Waals surface area contributed by atoms with Crippen molar-refractivity contribution in [1.29, 1.82) is 0 Å². The number of pyridine rings is 1. The van der Waals surface area contributed by atoms with Gasteiger partial charge in [0.1, 0.15) is 11.0 Å². The highest BCUT2D eigenvalue weighted by molar-refractivity contribution is 6.32. The highest BCUT2D eigenvalue weighted by atomic mass is 35.5. The van der Waals surface area contributed by atoms with Crippen LogP contribution in [0.15, 0.2) is 18.2 Å². The van der Waals surface area contributed by atoms with Gasteiger partial charge in [-0.25, -0.2) is 9.37 Å². The van der Waals surface area contributed by atoms with Gasteiger partial charge in [-0.2, -0.15) is 0 Å². The minimum absolute atomic E-state index is 0.103. The first kappa shape index (κ1) is 11.6. The number of aromatic nitrogens is 1. The zero-order valence-electron chi connectivity index (χ0n) is 8.89. The first-order chi connectivity index (χ1) is 7.49. The Morgan fingerprint density at radius 3 is 2.50 bits per heavy atom. The predicted octanol–water partition coefficient (Wildman–Crippen LogP) is 4.80. The maximum atomic E-state index is 13.2. The SMILES string of the molecule is CC(C)c1cc2cc(Cl)c(F)cc2nc1Cl. The lowest BCUT2D eigenvalue weighted by Crippen LogP contribution is -1.93. The van der Waals surface area contributed by atoms with Gasteiger partial charge >= 0.3 is 0 Å². The molecule has 0 fully saturated rings. The molecule has 2 rings (SSSR count). The van der Waals surface area contributed by atoms with Crippen LogP contribution in [0.5, 0.6) is 0 Å². The fourth-order valence-corrected chi connectivity index (χ4v) is 2.10. The van der Waals surface area contributed by atoms with Crippen LogP contribution in [-0.4, -0.2) is 4.98 Å². The predicted molar refractivity (Wildman–Crippen MR) is 65.8 cm³/mol. The third-order valence-electron chi connectivity index (χ3n) is 2.46. The summed E-state index contributed by atoms with van der Waals surface area (Å²) in [5, 5.41) is 1.33. The molecule has 0 saturated carbocycles. The molecule has 0 N–H and O–H groups in total. The van der Waals surface area contributed by atoms with E-state index in [9.17, 15) is 4.39 Å². The molecule has 0 bridgehead atoms. The number of fused-ring (bicyclic) bond motifs is 1. The minimum atomic E-state index is -0.477. The van der Waals surface area contributed by atoms with Crippen molar-refractivity contribution in [1.82, 2.24) is 4.98 Å². The van der Waals surface area contributed by atoms with E-state index in [1.807, 2.05) is 19.9 Å². The second-order valence-corrected chi connectivity index (χ2v) is 4.75. The van der Waals surface area contributed by atoms with Crippen molar-refractivity contribution in [3.05, 3.63) is 39.8 Å². The quantitative estimate of drug-likeness (QED) is 0.669. The van der Waals surface area contributed by atoms with Gasteiger partial charge in [0.2, 0.25) is 0 Å². The topological polar surface area (TPSA) is 12.9 Å². The number of nitrogens with zero attached hydrogens (tertiary/aromatic N) is 1. The van der Waals surface area contributed by atoms with Gasteiger partial charge in [-0.15, -0.1) is 0 Å². The highest BCUT2D eigenvalue weighted by Crippen LogP contribution is 2.29. The number of rotatable bonds is 1. The Labute approximate surface area is 103 Å². The van der Waals surface area contributed by atoms with E-state index < -0.39 is 5.82 Å². The van der Waals surface area contributed by atoms with Crippen LogP contribution in [0, 0.1) is 5.82 Å². The average molecular weight is 258 g/mol. The summed E-state index contributed by atoms with van der Waals surface area (Å²) in [6.07, 6.45) is 0. The summed E-state index contributed by atoms with van der Waals surface area (Å²) < 4.78 is 13.2. The number of benzene rings is 1. The Bertz CT molecular complexity index is 552. The van der Waals surface area contributed by atoms with Gasteiger partial charge in [-0.05, 0) is 23.6 Å². The lowest BCUT2D eigenvalue weighted by Gasteiger charge is -2.09. The Hall–Kier alpha value is -0.860. The first-order valence-electron chi connectivity index (χ1n) is 4.94. The largest absolute Gasteiger partial charge is 0.236 e. The second-order valence-electron chi connectivity index (χ2n) is 3.98. The van der Waals surface area contributed by atoms with Crippen molar-refractivity contribution in [2.75, 3.05) is 0 Å². The van der Waals surface area contributed by atoms with Crippen LogP contribution in [0.1, 0.15) is 25.3 Å². The molecule has 16 heavy (non-hydrogen) atoms. The van der Waals surface area contributed by atoms with Crippen LogP contribution in [-0.2, 0) is 0 Å². The lowest BCUT2D eigenvalue weighted by molar-refractivity contribution is 0.630. The van der Waals surface area contributed by atoms with Crippen LogP contribution in [0.25, 0.3) is 10.9 Å². The molecule has 1 aromatic carbocycles. The van der Waals surface area contributed by atoms with Crippen LogP contribution in [0.4, 0.5) is 4.39 Å². The molecule has 1 aromatic heterocycles. The average Bonchev–Trinajstić information content (AvgIpc) is 2.19. The molecule has 4 heteroatoms. The summed E-state index contributed by atoms with van der Waals surface area (Å²) in [7, 11) is 0. The molecule has 0 aliphatic carbocycles. The maximum absolute atomic E-state index is 13.2. The second kappa shape index (κ2) is 4.19. The van der Waals surface area contributed by atoms with Gasteiger partial charge in [-0.3, -0.25) is 0 Å². The van der Waals surface area contributed by atoms with Crippen molar-refractivity contribution in [3.63, 3.8) is 0 Å². The summed E-state index contributed by atoms with van der Waals surface area (Å²) in [5.41, 5.74) is 1.47. The van der Waals surface area contributed by atoms with Crippen LogP contribution < -0.4 is 0 Å². The Kier molecular flexibility index (Phi) is 3.04. The molecule has 0 aliphatic heterocycles. The minimum Gasteiger partial charge on any atom is -0.236 e. The van der Waals surface area contributed by atoms with E-state index in [2.05, 4.69) is 4.98 Å². The van der Waals surface area contributed by atoms with E-state index in [-0.39, 0.29) is 10.9 Å². The van der Waals surface area contributed by atoms with E-state index in [1.54, 1.807) is 6.07 Å². The molecule has 0 atom stereocenters. The van der Waals surface area contributed by atoms with Gasteiger partial charge in [0, 0.05) is 11.5 Å². The molecule has 0 amide bonds. The Morgan fingerprint density at radius 1 is 1.19 bits per heavy atom. The van der Waals surface area contributed by atoms with E-state index in [1.165, 1.54) is 6.07 Å². The highest BCUT2D eigenvalue weighted by Gasteiger charge is 2.10. The maximum Gasteiger partial charge on any atom is 0.143 e. The van der Waals surface area contributed by atoms with E-state index in [0.29, 0.717) is 10.7 Å². The summed E-state index contributed by atoms with van der Waals surface area (Å²) in [6, 6.07) is 4.77. The van der Waals surface area contributed by atoms with Crippen molar-refractivity contribution < 1.29 is 4.39 Å². The molecule has 1 heterocycles. The molecule has 0 unspecified atom stereocenters. The van der Waals surface area contributed by atoms with Gasteiger partial charge < -0.3 is 0 Å². The fraction of sp³-hybridized carbons (Fsp3) is 0.250. The molecule has 0 spiro atoms. The van der Waals surface area contributed by atoms with Gasteiger partial charge in [-0.1, -0.05) is 37.0 Å². The normalized spacial score (nSPS) is 11.4. The van der Waals surface area contributed by atoms with E-state index in [0.717, 1.165) is 10.9 Å². The molecule has 2 aromatic rings. The smallest absolute Gasteiger partial charge is 0.143 e. The third-order valence-corrected chi connectivity index (χ3v) is 3.05. The van der Waals surface area contributed by atoms with Gasteiger partial charge in [0.25, 0.3) is 0 Å². The van der Waals surface area contributed by atoms with Crippen molar-refractivity contribution >= 4 is 34.1 Å². The van der Waals surface area contributed by atoms with E-state index >= 15 is 0 Å². The molecule has 0 aliphatic rings. The van der Waals surface area contributed by atoms with Crippen LogP contribution >= 0.6 is 23.2 Å². The first-order valence-corrected chi connectivity index (χ1v) is 5.70. The summed E-state index contributed by atoms with van der Waals surface area (Å²) in [4.78, 5) is 4.17. The van der Waals surface area contributed by atoms with Crippen molar-refractivity contribution in [2.45, 2.75) is 19.8 Å². The number of hydrogen-bond donors (Lipinski definition) is 0. The number of halogens is 3. The van der Waals surface area contributed by atoms with Crippen LogP contribution in [0.2, 0.25) is 10.2 Å². The lowest BCUT2D eigenvalue weighted by atomic mass is 10.0. The van der Waals surface area contributed by atoms with Crippen molar-refractivity contribution in [3.8, 4) is 0 Å². The molecule has 0 saturated heterocycles. The summed E-state index contributed by atoms with van der Waals surface area (Å²) in [6.45, 7) is 4.06. The zero-order chi connectivity index (χ0) is 11.9. The van der Waals surface area contributed by atoms with E-state index in [4.69, 9.17) is 23.2 Å². The third kappa shape index (κ3) is 2.00. The molecular weight excluding hydrogens is 248 g/mol. The fourth-order valence-electron chi connectivity index (χ4n) is 1.57. The Morgan fingerprint density at radius 2 is 1.88 bits per heavy atom. The zero-order valence-corrected chi connectivity index (χ0v) is 10.4. The summed E-state index contributed by atoms with van der Waals surface area (Å²) in [5.74, 6) is -0.205. The van der Waals surface area contributed by atoms with Crippen molar-refractivity contribution in [2.24, 2.45) is 0 Å². The number of hydrogen-bond acceptors (Lipinski definition) is 1. The molecule has 0 radical (unpaired) electrons. The monoisotopic (exact) mass is 257 g/mol. The van der Waals surface area contributed by atoms with Gasteiger partial charge in [0.15, 0.2) is 0 Å². The van der Waals surface area contributed by atoms with Crippen LogP contribution in [0.3, 0.4) is 0 Å². The summed E-state index contributed by atoms with van der Waals surface area (Å²) >= 11 is 11.7.